The molecule has 1 heterocycles. The molecule has 0 unspecified atom stereocenters. The highest BCUT2D eigenvalue weighted by Gasteiger charge is 2.21. The van der Waals surface area contributed by atoms with Crippen molar-refractivity contribution in [1.82, 2.24) is 14.9 Å². The van der Waals surface area contributed by atoms with Crippen molar-refractivity contribution >= 4 is 5.82 Å². The van der Waals surface area contributed by atoms with Crippen LogP contribution in [-0.2, 0) is 6.42 Å². The molecule has 1 N–H and O–H groups in total. The largest absolute Gasteiger partial charge is 0.476 e. The maximum Gasteiger partial charge on any atom is 0.218 e. The van der Waals surface area contributed by atoms with E-state index in [1.807, 2.05) is 13.0 Å². The van der Waals surface area contributed by atoms with Crippen LogP contribution in [0.1, 0.15) is 39.9 Å². The van der Waals surface area contributed by atoms with Crippen molar-refractivity contribution < 1.29 is 4.74 Å². The normalized spacial score (nSPS) is 11.8. The van der Waals surface area contributed by atoms with Crippen molar-refractivity contribution in [3.8, 4) is 5.88 Å². The van der Waals surface area contributed by atoms with Crippen LogP contribution in [0.3, 0.4) is 0 Å². The van der Waals surface area contributed by atoms with Crippen molar-refractivity contribution in [3.63, 3.8) is 0 Å². The summed E-state index contributed by atoms with van der Waals surface area (Å²) in [6.07, 6.45) is 1.87. The Morgan fingerprint density at radius 3 is 2.50 bits per heavy atom. The van der Waals surface area contributed by atoms with E-state index in [1.165, 1.54) is 0 Å². The summed E-state index contributed by atoms with van der Waals surface area (Å²) >= 11 is 0. The lowest BCUT2D eigenvalue weighted by molar-refractivity contribution is 0.111. The van der Waals surface area contributed by atoms with E-state index in [0.29, 0.717) is 12.5 Å². The molecule has 0 aromatic carbocycles. The minimum Gasteiger partial charge on any atom is -0.476 e. The van der Waals surface area contributed by atoms with Gasteiger partial charge >= 0.3 is 0 Å². The van der Waals surface area contributed by atoms with Crippen molar-refractivity contribution in [2.24, 2.45) is 0 Å². The van der Waals surface area contributed by atoms with E-state index in [-0.39, 0.29) is 5.54 Å². The highest BCUT2D eigenvalue weighted by molar-refractivity contribution is 5.38. The molecule has 1 aromatic heterocycles. The van der Waals surface area contributed by atoms with Gasteiger partial charge in [-0.1, -0.05) is 13.8 Å². The number of rotatable bonds is 8. The Kier molecular flexibility index (Phi) is 6.20. The lowest BCUT2D eigenvalue weighted by atomic mass is 10.1. The Balaban J connectivity index is 2.78. The van der Waals surface area contributed by atoms with Crippen LogP contribution in [0.4, 0.5) is 5.82 Å². The van der Waals surface area contributed by atoms with Crippen molar-refractivity contribution in [2.45, 2.75) is 46.1 Å². The molecule has 1 aromatic rings. The molecule has 20 heavy (non-hydrogen) atoms. The van der Waals surface area contributed by atoms with Gasteiger partial charge in [-0.25, -0.2) is 4.98 Å². The number of nitrogens with one attached hydrogen (secondary N) is 1. The van der Waals surface area contributed by atoms with Gasteiger partial charge in [0.1, 0.15) is 18.2 Å². The molecule has 0 bridgehead atoms. The first-order chi connectivity index (χ1) is 9.39. The molecule has 0 saturated carbocycles. The molecule has 0 atom stereocenters. The molecule has 0 aliphatic carbocycles. The Labute approximate surface area is 122 Å². The van der Waals surface area contributed by atoms with Gasteiger partial charge in [-0.05, 0) is 34.4 Å². The number of hydrogen-bond donors (Lipinski definition) is 1. The van der Waals surface area contributed by atoms with Crippen LogP contribution >= 0.6 is 0 Å². The fourth-order valence-corrected chi connectivity index (χ4v) is 1.43. The SMILES string of the molecule is CCCNc1cc(OCC(C)(C)N(C)C)nc(CC)n1. The Hall–Kier alpha value is -1.36. The Morgan fingerprint density at radius 1 is 1.25 bits per heavy atom. The fourth-order valence-electron chi connectivity index (χ4n) is 1.43. The van der Waals surface area contributed by atoms with Gasteiger partial charge in [0.05, 0.1) is 0 Å². The van der Waals surface area contributed by atoms with Gasteiger partial charge in [0.15, 0.2) is 0 Å². The molecule has 5 heteroatoms. The summed E-state index contributed by atoms with van der Waals surface area (Å²) in [6.45, 7) is 9.96. The number of aromatic nitrogens is 2. The van der Waals surface area contributed by atoms with Crippen molar-refractivity contribution in [2.75, 3.05) is 32.6 Å². The van der Waals surface area contributed by atoms with Gasteiger partial charge in [0.2, 0.25) is 5.88 Å². The van der Waals surface area contributed by atoms with Crippen LogP contribution in [0.15, 0.2) is 6.07 Å². The molecule has 5 nitrogen and oxygen atoms in total. The lowest BCUT2D eigenvalue weighted by Gasteiger charge is -2.31. The van der Waals surface area contributed by atoms with Gasteiger partial charge in [0.25, 0.3) is 0 Å². The van der Waals surface area contributed by atoms with E-state index in [0.717, 1.165) is 31.0 Å². The second-order valence-corrected chi connectivity index (χ2v) is 5.78. The maximum absolute atomic E-state index is 5.86. The first-order valence-corrected chi connectivity index (χ1v) is 7.31. The molecule has 0 aliphatic rings. The Bertz CT molecular complexity index is 418. The highest BCUT2D eigenvalue weighted by Crippen LogP contribution is 2.17. The van der Waals surface area contributed by atoms with E-state index >= 15 is 0 Å². The minimum absolute atomic E-state index is 0.0334. The molecular formula is C15H28N4O. The number of hydrogen-bond acceptors (Lipinski definition) is 5. The van der Waals surface area contributed by atoms with E-state index in [2.05, 4.69) is 55.1 Å². The first kappa shape index (κ1) is 16.7. The zero-order chi connectivity index (χ0) is 15.2. The summed E-state index contributed by atoms with van der Waals surface area (Å²) in [5, 5.41) is 3.29. The molecule has 1 rings (SSSR count). The summed E-state index contributed by atoms with van der Waals surface area (Å²) in [7, 11) is 4.10. The van der Waals surface area contributed by atoms with Crippen LogP contribution in [-0.4, -0.2) is 47.7 Å². The third kappa shape index (κ3) is 4.96. The third-order valence-electron chi connectivity index (χ3n) is 3.41. The van der Waals surface area contributed by atoms with Crippen molar-refractivity contribution in [3.05, 3.63) is 11.9 Å². The topological polar surface area (TPSA) is 50.3 Å². The van der Waals surface area contributed by atoms with Crippen LogP contribution < -0.4 is 10.1 Å². The summed E-state index contributed by atoms with van der Waals surface area (Å²) in [5.41, 5.74) is -0.0334. The molecule has 0 spiro atoms. The monoisotopic (exact) mass is 280 g/mol. The van der Waals surface area contributed by atoms with Gasteiger partial charge in [-0.15, -0.1) is 0 Å². The van der Waals surface area contributed by atoms with Crippen LogP contribution in [0.2, 0.25) is 0 Å². The molecular weight excluding hydrogens is 252 g/mol. The molecule has 114 valence electrons. The van der Waals surface area contributed by atoms with Crippen molar-refractivity contribution in [1.29, 1.82) is 0 Å². The second-order valence-electron chi connectivity index (χ2n) is 5.78. The fraction of sp³-hybridized carbons (Fsp3) is 0.733. The molecule has 0 aliphatic heterocycles. The summed E-state index contributed by atoms with van der Waals surface area (Å²) in [5.74, 6) is 2.30. The smallest absolute Gasteiger partial charge is 0.218 e. The zero-order valence-corrected chi connectivity index (χ0v) is 13.7. The quantitative estimate of drug-likeness (QED) is 0.793. The highest BCUT2D eigenvalue weighted by atomic mass is 16.5. The van der Waals surface area contributed by atoms with E-state index in [1.54, 1.807) is 0 Å². The van der Waals surface area contributed by atoms with Crippen LogP contribution in [0.25, 0.3) is 0 Å². The lowest BCUT2D eigenvalue weighted by Crippen LogP contribution is -2.43. The maximum atomic E-state index is 5.86. The number of aryl methyl sites for hydroxylation is 1. The van der Waals surface area contributed by atoms with Gasteiger partial charge in [-0.2, -0.15) is 4.98 Å². The molecule has 0 saturated heterocycles. The number of likely N-dealkylation sites (N-methyl/N-ethyl adjacent to an activating group) is 1. The van der Waals surface area contributed by atoms with Crippen LogP contribution in [0, 0.1) is 0 Å². The van der Waals surface area contributed by atoms with Crippen LogP contribution in [0.5, 0.6) is 5.88 Å². The van der Waals surface area contributed by atoms with E-state index in [9.17, 15) is 0 Å². The standard InChI is InChI=1S/C15H28N4O/c1-7-9-16-13-10-14(18-12(8-2)17-13)20-11-15(3,4)19(5)6/h10H,7-9,11H2,1-6H3,(H,16,17,18). The Morgan fingerprint density at radius 2 is 1.95 bits per heavy atom. The number of ether oxygens (including phenoxy) is 1. The average molecular weight is 280 g/mol. The molecule has 0 amide bonds. The van der Waals surface area contributed by atoms with Gasteiger partial charge < -0.3 is 15.0 Å². The van der Waals surface area contributed by atoms with E-state index in [4.69, 9.17) is 4.74 Å². The summed E-state index contributed by atoms with van der Waals surface area (Å²) < 4.78 is 5.86. The number of anilines is 1. The first-order valence-electron chi connectivity index (χ1n) is 7.31. The molecule has 0 radical (unpaired) electrons. The van der Waals surface area contributed by atoms with Gasteiger partial charge in [-0.3, -0.25) is 0 Å². The minimum atomic E-state index is -0.0334. The predicted octanol–water partition coefficient (Wildman–Crippen LogP) is 2.58. The summed E-state index contributed by atoms with van der Waals surface area (Å²) in [4.78, 5) is 11.0. The number of nitrogens with zero attached hydrogens (tertiary/aromatic N) is 3. The molecule has 0 fully saturated rings. The predicted molar refractivity (Wildman–Crippen MR) is 83.5 cm³/mol. The van der Waals surface area contributed by atoms with Gasteiger partial charge in [0, 0.05) is 24.6 Å². The zero-order valence-electron chi connectivity index (χ0n) is 13.7. The second kappa shape index (κ2) is 7.43. The average Bonchev–Trinajstić information content (AvgIpc) is 2.42. The summed E-state index contributed by atoms with van der Waals surface area (Å²) in [6, 6.07) is 1.88. The van der Waals surface area contributed by atoms with E-state index < -0.39 is 0 Å². The third-order valence-corrected chi connectivity index (χ3v) is 3.41.